The van der Waals surface area contributed by atoms with Crippen LogP contribution in [0.25, 0.3) is 0 Å². The largest absolute Gasteiger partial charge is 0.507 e. The summed E-state index contributed by atoms with van der Waals surface area (Å²) in [6, 6.07) is 2.40. The average molecular weight is 263 g/mol. The maximum atomic E-state index is 13.3. The van der Waals surface area contributed by atoms with Gasteiger partial charge >= 0.3 is 5.97 Å². The highest BCUT2D eigenvalue weighted by Crippen LogP contribution is 2.28. The molecule has 0 aliphatic rings. The minimum Gasteiger partial charge on any atom is -0.507 e. The van der Waals surface area contributed by atoms with Crippen molar-refractivity contribution in [3.8, 4) is 5.75 Å². The number of carbonyl (C=O) groups excluding carboxylic acids is 1. The van der Waals surface area contributed by atoms with Crippen molar-refractivity contribution < 1.29 is 19.0 Å². The molecule has 0 aliphatic carbocycles. The van der Waals surface area contributed by atoms with E-state index in [1.807, 2.05) is 0 Å². The Balaban J connectivity index is 3.11. The van der Waals surface area contributed by atoms with Crippen LogP contribution in [0, 0.1) is 5.82 Å². The van der Waals surface area contributed by atoms with Crippen molar-refractivity contribution in [2.75, 3.05) is 6.61 Å². The summed E-state index contributed by atoms with van der Waals surface area (Å²) in [5, 5.41) is 9.10. The first-order valence-electron chi connectivity index (χ1n) is 3.92. The Bertz CT molecular complexity index is 365. The molecule has 0 aliphatic heterocycles. The molecule has 14 heavy (non-hydrogen) atoms. The van der Waals surface area contributed by atoms with E-state index in [0.717, 1.165) is 0 Å². The molecule has 0 radical (unpaired) electrons. The summed E-state index contributed by atoms with van der Waals surface area (Å²) in [7, 11) is 0. The molecule has 5 heteroatoms. The number of hydrogen-bond acceptors (Lipinski definition) is 3. The average Bonchev–Trinajstić information content (AvgIpc) is 2.15. The van der Waals surface area contributed by atoms with Crippen molar-refractivity contribution in [1.29, 1.82) is 0 Å². The van der Waals surface area contributed by atoms with Crippen molar-refractivity contribution >= 4 is 21.9 Å². The first kappa shape index (κ1) is 11.0. The summed E-state index contributed by atoms with van der Waals surface area (Å²) in [5.41, 5.74) is -0.198. The van der Waals surface area contributed by atoms with Crippen molar-refractivity contribution in [2.45, 2.75) is 6.92 Å². The van der Waals surface area contributed by atoms with E-state index in [9.17, 15) is 9.18 Å². The monoisotopic (exact) mass is 262 g/mol. The van der Waals surface area contributed by atoms with E-state index >= 15 is 0 Å². The fourth-order valence-electron chi connectivity index (χ4n) is 0.906. The molecule has 0 aromatic heterocycles. The lowest BCUT2D eigenvalue weighted by Gasteiger charge is -2.05. The molecule has 0 heterocycles. The van der Waals surface area contributed by atoms with Crippen LogP contribution in [0.5, 0.6) is 5.75 Å². The number of phenols is 1. The number of aromatic hydroxyl groups is 1. The second-order valence-electron chi connectivity index (χ2n) is 2.48. The second-order valence-corrected chi connectivity index (χ2v) is 3.27. The van der Waals surface area contributed by atoms with Gasteiger partial charge in [-0.2, -0.15) is 0 Å². The first-order chi connectivity index (χ1) is 6.57. The molecule has 3 nitrogen and oxygen atoms in total. The number of ether oxygens (including phenoxy) is 1. The molecular formula is C9H8BrFO3. The summed E-state index contributed by atoms with van der Waals surface area (Å²) in [6.45, 7) is 1.81. The highest BCUT2D eigenvalue weighted by Gasteiger charge is 2.17. The van der Waals surface area contributed by atoms with E-state index in [0.29, 0.717) is 0 Å². The van der Waals surface area contributed by atoms with E-state index in [1.165, 1.54) is 12.1 Å². The Morgan fingerprint density at radius 3 is 2.86 bits per heavy atom. The van der Waals surface area contributed by atoms with Crippen LogP contribution in [-0.4, -0.2) is 17.7 Å². The molecule has 0 saturated heterocycles. The third kappa shape index (κ3) is 2.04. The summed E-state index contributed by atoms with van der Waals surface area (Å²) in [6.07, 6.45) is 0. The Kier molecular flexibility index (Phi) is 3.46. The molecule has 0 saturated carbocycles. The van der Waals surface area contributed by atoms with Crippen LogP contribution in [0.1, 0.15) is 17.3 Å². The van der Waals surface area contributed by atoms with Gasteiger partial charge in [0.1, 0.15) is 5.75 Å². The van der Waals surface area contributed by atoms with Crippen molar-refractivity contribution in [3.63, 3.8) is 0 Å². The van der Waals surface area contributed by atoms with Crippen molar-refractivity contribution in [3.05, 3.63) is 28.0 Å². The molecule has 1 aromatic carbocycles. The van der Waals surface area contributed by atoms with Gasteiger partial charge in [0.2, 0.25) is 0 Å². The Hall–Kier alpha value is -1.10. The van der Waals surface area contributed by atoms with Crippen LogP contribution >= 0.6 is 15.9 Å². The zero-order valence-corrected chi connectivity index (χ0v) is 8.97. The van der Waals surface area contributed by atoms with Gasteiger partial charge < -0.3 is 9.84 Å². The van der Waals surface area contributed by atoms with Gasteiger partial charge in [0.15, 0.2) is 5.82 Å². The first-order valence-corrected chi connectivity index (χ1v) is 4.71. The van der Waals surface area contributed by atoms with Crippen LogP contribution in [0.4, 0.5) is 4.39 Å². The fraction of sp³-hybridized carbons (Fsp3) is 0.222. The molecule has 0 spiro atoms. The van der Waals surface area contributed by atoms with E-state index in [-0.39, 0.29) is 22.4 Å². The van der Waals surface area contributed by atoms with Gasteiger partial charge in [0.05, 0.1) is 16.6 Å². The van der Waals surface area contributed by atoms with E-state index in [4.69, 9.17) is 5.11 Å². The Morgan fingerprint density at radius 1 is 1.64 bits per heavy atom. The summed E-state index contributed by atoms with van der Waals surface area (Å²) in [4.78, 5) is 11.2. The van der Waals surface area contributed by atoms with Gasteiger partial charge in [-0.1, -0.05) is 0 Å². The van der Waals surface area contributed by atoms with Crippen LogP contribution in [0.15, 0.2) is 16.6 Å². The zero-order valence-electron chi connectivity index (χ0n) is 7.38. The molecule has 1 aromatic rings. The molecule has 0 fully saturated rings. The molecule has 0 bridgehead atoms. The normalized spacial score (nSPS) is 9.93. The third-order valence-corrected chi connectivity index (χ3v) is 2.31. The minimum absolute atomic E-state index is 0.136. The Morgan fingerprint density at radius 2 is 2.29 bits per heavy atom. The minimum atomic E-state index is -0.816. The summed E-state index contributed by atoms with van der Waals surface area (Å²) < 4.78 is 17.8. The van der Waals surface area contributed by atoms with Gasteiger partial charge in [-0.05, 0) is 35.0 Å². The van der Waals surface area contributed by atoms with E-state index in [1.54, 1.807) is 6.92 Å². The number of halogens is 2. The number of carbonyl (C=O) groups is 1. The number of hydrogen-bond donors (Lipinski definition) is 1. The molecule has 1 N–H and O–H groups in total. The zero-order chi connectivity index (χ0) is 10.7. The SMILES string of the molecule is CCOC(=O)c1ccc(O)c(Br)c1F. The molecule has 76 valence electrons. The van der Waals surface area contributed by atoms with Gasteiger partial charge in [0, 0.05) is 0 Å². The topological polar surface area (TPSA) is 46.5 Å². The lowest BCUT2D eigenvalue weighted by Crippen LogP contribution is -2.07. The highest BCUT2D eigenvalue weighted by molar-refractivity contribution is 9.10. The third-order valence-electron chi connectivity index (χ3n) is 1.56. The number of rotatable bonds is 2. The maximum Gasteiger partial charge on any atom is 0.341 e. The molecule has 1 rings (SSSR count). The van der Waals surface area contributed by atoms with E-state index in [2.05, 4.69) is 20.7 Å². The fourth-order valence-corrected chi connectivity index (χ4v) is 1.25. The quantitative estimate of drug-likeness (QED) is 0.834. The van der Waals surface area contributed by atoms with Gasteiger partial charge in [0.25, 0.3) is 0 Å². The predicted molar refractivity (Wildman–Crippen MR) is 51.7 cm³/mol. The smallest absolute Gasteiger partial charge is 0.341 e. The van der Waals surface area contributed by atoms with Crippen LogP contribution < -0.4 is 0 Å². The van der Waals surface area contributed by atoms with E-state index < -0.39 is 11.8 Å². The predicted octanol–water partition coefficient (Wildman–Crippen LogP) is 2.47. The van der Waals surface area contributed by atoms with Gasteiger partial charge in [-0.3, -0.25) is 0 Å². The highest BCUT2D eigenvalue weighted by atomic mass is 79.9. The number of phenolic OH excluding ortho intramolecular Hbond substituents is 1. The molecule has 0 atom stereocenters. The van der Waals surface area contributed by atoms with Crippen LogP contribution in [0.2, 0.25) is 0 Å². The second kappa shape index (κ2) is 4.41. The molecule has 0 amide bonds. The lowest BCUT2D eigenvalue weighted by atomic mass is 10.2. The molecule has 0 unspecified atom stereocenters. The van der Waals surface area contributed by atoms with Crippen molar-refractivity contribution in [1.82, 2.24) is 0 Å². The Labute approximate surface area is 88.6 Å². The van der Waals surface area contributed by atoms with Gasteiger partial charge in [-0.15, -0.1) is 0 Å². The molecular weight excluding hydrogens is 255 g/mol. The summed E-state index contributed by atoms with van der Waals surface area (Å²) >= 11 is 2.82. The maximum absolute atomic E-state index is 13.3. The number of benzene rings is 1. The van der Waals surface area contributed by atoms with Gasteiger partial charge in [-0.25, -0.2) is 9.18 Å². The lowest BCUT2D eigenvalue weighted by molar-refractivity contribution is 0.0521. The number of esters is 1. The van der Waals surface area contributed by atoms with Crippen LogP contribution in [0.3, 0.4) is 0 Å². The summed E-state index contributed by atoms with van der Waals surface area (Å²) in [5.74, 6) is -1.82. The standard InChI is InChI=1S/C9H8BrFO3/c1-2-14-9(13)5-3-4-6(12)7(10)8(5)11/h3-4,12H,2H2,1H3. The van der Waals surface area contributed by atoms with Crippen LogP contribution in [-0.2, 0) is 4.74 Å². The van der Waals surface area contributed by atoms with Crippen molar-refractivity contribution in [2.24, 2.45) is 0 Å².